The quantitative estimate of drug-likeness (QED) is 0.673. The van der Waals surface area contributed by atoms with E-state index in [1.807, 2.05) is 6.07 Å². The van der Waals surface area contributed by atoms with E-state index in [1.165, 1.54) is 0 Å². The Morgan fingerprint density at radius 3 is 2.89 bits per heavy atom. The third kappa shape index (κ3) is 3.13. The Balaban J connectivity index is 2.17. The summed E-state index contributed by atoms with van der Waals surface area (Å²) in [7, 11) is 0. The molecule has 0 saturated heterocycles. The van der Waals surface area contributed by atoms with E-state index in [1.54, 1.807) is 38.2 Å². The summed E-state index contributed by atoms with van der Waals surface area (Å²) < 4.78 is 10.5. The van der Waals surface area contributed by atoms with Crippen LogP contribution in [0.1, 0.15) is 13.8 Å². The molecule has 5 nitrogen and oxygen atoms in total. The first-order valence-corrected chi connectivity index (χ1v) is 6.03. The molecule has 100 valence electrons. The molecule has 1 aromatic heterocycles. The number of carbonyl (C=O) groups is 1. The molecule has 0 atom stereocenters. The fourth-order valence-corrected chi connectivity index (χ4v) is 1.73. The average Bonchev–Trinajstić information content (AvgIpc) is 2.37. The van der Waals surface area contributed by atoms with Gasteiger partial charge in [0.2, 0.25) is 0 Å². The molecule has 0 fully saturated rings. The van der Waals surface area contributed by atoms with Gasteiger partial charge in [0.25, 0.3) is 0 Å². The zero-order valence-electron chi connectivity index (χ0n) is 10.9. The van der Waals surface area contributed by atoms with E-state index in [2.05, 4.69) is 4.98 Å². The molecular formula is C14H16N2O3. The number of nitrogen functional groups attached to an aromatic ring is 1. The van der Waals surface area contributed by atoms with E-state index in [0.717, 1.165) is 5.39 Å². The number of hydrogen-bond donors (Lipinski definition) is 1. The van der Waals surface area contributed by atoms with Crippen molar-refractivity contribution in [1.29, 1.82) is 0 Å². The lowest BCUT2D eigenvalue weighted by Crippen LogP contribution is -2.18. The minimum atomic E-state index is -0.399. The predicted octanol–water partition coefficient (Wildman–Crippen LogP) is 2.15. The smallest absolute Gasteiger partial charge is 0.344 e. The van der Waals surface area contributed by atoms with Crippen LogP contribution in [0.15, 0.2) is 30.5 Å². The van der Waals surface area contributed by atoms with E-state index in [4.69, 9.17) is 15.2 Å². The first-order chi connectivity index (χ1) is 9.08. The molecule has 0 unspecified atom stereocenters. The van der Waals surface area contributed by atoms with Gasteiger partial charge in [0.15, 0.2) is 6.61 Å². The Morgan fingerprint density at radius 1 is 1.37 bits per heavy atom. The number of esters is 1. The number of anilines is 1. The summed E-state index contributed by atoms with van der Waals surface area (Å²) >= 11 is 0. The van der Waals surface area contributed by atoms with Crippen molar-refractivity contribution >= 4 is 22.6 Å². The predicted molar refractivity (Wildman–Crippen MR) is 72.9 cm³/mol. The molecule has 0 aliphatic heterocycles. The van der Waals surface area contributed by atoms with Gasteiger partial charge >= 0.3 is 5.97 Å². The number of hydrogen-bond acceptors (Lipinski definition) is 5. The maximum absolute atomic E-state index is 11.4. The number of ether oxygens (including phenoxy) is 2. The fourth-order valence-electron chi connectivity index (χ4n) is 1.73. The van der Waals surface area contributed by atoms with Crippen LogP contribution in [-0.4, -0.2) is 23.7 Å². The third-order valence-electron chi connectivity index (χ3n) is 2.47. The van der Waals surface area contributed by atoms with Crippen LogP contribution in [-0.2, 0) is 9.53 Å². The van der Waals surface area contributed by atoms with Crippen molar-refractivity contribution in [1.82, 2.24) is 4.98 Å². The normalized spacial score (nSPS) is 10.7. The minimum Gasteiger partial charge on any atom is -0.481 e. The van der Waals surface area contributed by atoms with Crippen LogP contribution >= 0.6 is 0 Å². The molecule has 0 bridgehead atoms. The number of rotatable bonds is 4. The number of fused-ring (bicyclic) bond motifs is 1. The Hall–Kier alpha value is -2.30. The number of aromatic nitrogens is 1. The van der Waals surface area contributed by atoms with E-state index in [9.17, 15) is 4.79 Å². The second-order valence-electron chi connectivity index (χ2n) is 4.38. The third-order valence-corrected chi connectivity index (χ3v) is 2.47. The van der Waals surface area contributed by atoms with Crippen molar-refractivity contribution in [3.63, 3.8) is 0 Å². The molecule has 1 heterocycles. The van der Waals surface area contributed by atoms with E-state index in [0.29, 0.717) is 17.0 Å². The van der Waals surface area contributed by atoms with Gasteiger partial charge in [0.1, 0.15) is 5.75 Å². The fraction of sp³-hybridized carbons (Fsp3) is 0.286. The van der Waals surface area contributed by atoms with Gasteiger partial charge in [-0.15, -0.1) is 0 Å². The molecular weight excluding hydrogens is 244 g/mol. The minimum absolute atomic E-state index is 0.133. The summed E-state index contributed by atoms with van der Waals surface area (Å²) in [6, 6.07) is 7.07. The SMILES string of the molecule is CC(C)OC(=O)COc1ccc(N)c2ncccc12. The Labute approximate surface area is 111 Å². The van der Waals surface area contributed by atoms with Crippen LogP contribution in [0.3, 0.4) is 0 Å². The van der Waals surface area contributed by atoms with Gasteiger partial charge < -0.3 is 15.2 Å². The van der Waals surface area contributed by atoms with Gasteiger partial charge in [0.05, 0.1) is 17.3 Å². The molecule has 0 aliphatic rings. The molecule has 0 amide bonds. The maximum Gasteiger partial charge on any atom is 0.344 e. The number of nitrogens with zero attached hydrogens (tertiary/aromatic N) is 1. The highest BCUT2D eigenvalue weighted by Crippen LogP contribution is 2.28. The number of benzene rings is 1. The van der Waals surface area contributed by atoms with Crippen LogP contribution in [0.25, 0.3) is 10.9 Å². The van der Waals surface area contributed by atoms with Gasteiger partial charge in [-0.05, 0) is 38.1 Å². The Kier molecular flexibility index (Phi) is 3.85. The Morgan fingerprint density at radius 2 is 2.16 bits per heavy atom. The summed E-state index contributed by atoms with van der Waals surface area (Å²) in [4.78, 5) is 15.6. The highest BCUT2D eigenvalue weighted by molar-refractivity contribution is 5.93. The molecule has 19 heavy (non-hydrogen) atoms. The molecule has 0 radical (unpaired) electrons. The van der Waals surface area contributed by atoms with E-state index >= 15 is 0 Å². The van der Waals surface area contributed by atoms with Crippen LogP contribution in [0.4, 0.5) is 5.69 Å². The largest absolute Gasteiger partial charge is 0.481 e. The van der Waals surface area contributed by atoms with Crippen molar-refractivity contribution in [3.8, 4) is 5.75 Å². The average molecular weight is 260 g/mol. The molecule has 0 aliphatic carbocycles. The molecule has 2 aromatic rings. The first kappa shape index (κ1) is 13.1. The van der Waals surface area contributed by atoms with Crippen LogP contribution in [0.5, 0.6) is 5.75 Å². The lowest BCUT2D eigenvalue weighted by molar-refractivity contribution is -0.149. The topological polar surface area (TPSA) is 74.4 Å². The lowest BCUT2D eigenvalue weighted by Gasteiger charge is -2.11. The van der Waals surface area contributed by atoms with Crippen LogP contribution in [0, 0.1) is 0 Å². The van der Waals surface area contributed by atoms with E-state index in [-0.39, 0.29) is 12.7 Å². The van der Waals surface area contributed by atoms with Gasteiger partial charge in [-0.2, -0.15) is 0 Å². The number of pyridine rings is 1. The van der Waals surface area contributed by atoms with Crippen molar-refractivity contribution in [2.45, 2.75) is 20.0 Å². The second kappa shape index (κ2) is 5.56. The molecule has 2 rings (SSSR count). The van der Waals surface area contributed by atoms with Gasteiger partial charge in [-0.25, -0.2) is 4.79 Å². The molecule has 5 heteroatoms. The zero-order valence-corrected chi connectivity index (χ0v) is 10.9. The Bertz CT molecular complexity index is 596. The van der Waals surface area contributed by atoms with Gasteiger partial charge in [0, 0.05) is 11.6 Å². The van der Waals surface area contributed by atoms with Crippen molar-refractivity contribution in [3.05, 3.63) is 30.5 Å². The summed E-state index contributed by atoms with van der Waals surface area (Å²) in [6.07, 6.45) is 1.51. The standard InChI is InChI=1S/C14H16N2O3/c1-9(2)19-13(17)8-18-12-6-5-11(15)14-10(12)4-3-7-16-14/h3-7,9H,8,15H2,1-2H3. The summed E-state index contributed by atoms with van der Waals surface area (Å²) in [6.45, 7) is 3.45. The molecule has 1 aromatic carbocycles. The zero-order chi connectivity index (χ0) is 13.8. The van der Waals surface area contributed by atoms with Crippen molar-refractivity contribution < 1.29 is 14.3 Å². The van der Waals surface area contributed by atoms with Gasteiger partial charge in [-0.1, -0.05) is 0 Å². The lowest BCUT2D eigenvalue weighted by atomic mass is 10.2. The first-order valence-electron chi connectivity index (χ1n) is 6.03. The van der Waals surface area contributed by atoms with Crippen LogP contribution in [0.2, 0.25) is 0 Å². The van der Waals surface area contributed by atoms with Crippen LogP contribution < -0.4 is 10.5 Å². The number of nitrogens with two attached hydrogens (primary N) is 1. The van der Waals surface area contributed by atoms with Crippen molar-refractivity contribution in [2.24, 2.45) is 0 Å². The molecule has 2 N–H and O–H groups in total. The summed E-state index contributed by atoms with van der Waals surface area (Å²) in [5.41, 5.74) is 7.08. The van der Waals surface area contributed by atoms with E-state index < -0.39 is 5.97 Å². The monoisotopic (exact) mass is 260 g/mol. The summed E-state index contributed by atoms with van der Waals surface area (Å²) in [5, 5.41) is 0.778. The van der Waals surface area contributed by atoms with Crippen molar-refractivity contribution in [2.75, 3.05) is 12.3 Å². The maximum atomic E-state index is 11.4. The highest BCUT2D eigenvalue weighted by atomic mass is 16.6. The van der Waals surface area contributed by atoms with Gasteiger partial charge in [-0.3, -0.25) is 4.98 Å². The number of carbonyl (C=O) groups excluding carboxylic acids is 1. The molecule has 0 spiro atoms. The summed E-state index contributed by atoms with van der Waals surface area (Å²) in [5.74, 6) is 0.168. The second-order valence-corrected chi connectivity index (χ2v) is 4.38. The molecule has 0 saturated carbocycles. The highest BCUT2D eigenvalue weighted by Gasteiger charge is 2.10.